The zero-order valence-corrected chi connectivity index (χ0v) is 5.27. The second-order valence-corrected chi connectivity index (χ2v) is 1.72. The normalized spacial score (nSPS) is 9.56. The predicted molar refractivity (Wildman–Crippen MR) is 31.5 cm³/mol. The molecule has 0 aliphatic rings. The largest absolute Gasteiger partial charge is 0.242 e. The molecule has 1 aromatic heterocycles. The van der Waals surface area contributed by atoms with Crippen molar-refractivity contribution in [3.05, 3.63) is 24.0 Å². The van der Waals surface area contributed by atoms with Gasteiger partial charge in [0.15, 0.2) is 5.82 Å². The van der Waals surface area contributed by atoms with Crippen LogP contribution in [0.1, 0.15) is 5.69 Å². The second-order valence-electron chi connectivity index (χ2n) is 1.45. The monoisotopic (exact) mass is 146 g/mol. The van der Waals surface area contributed by atoms with Gasteiger partial charge in [-0.2, -0.15) is 0 Å². The highest BCUT2D eigenvalue weighted by Crippen LogP contribution is 2.02. The van der Waals surface area contributed by atoms with E-state index in [1.165, 1.54) is 6.33 Å². The summed E-state index contributed by atoms with van der Waals surface area (Å²) in [4.78, 5) is 7.03. The first-order valence-corrected chi connectivity index (χ1v) is 2.88. The Balaban J connectivity index is 3.01. The molecule has 0 saturated heterocycles. The molecule has 0 amide bonds. The number of rotatable bonds is 1. The van der Waals surface area contributed by atoms with E-state index >= 15 is 0 Å². The molecule has 9 heavy (non-hydrogen) atoms. The molecular formula is C5H4ClFN2. The van der Waals surface area contributed by atoms with Crippen LogP contribution >= 0.6 is 11.6 Å². The Morgan fingerprint density at radius 1 is 1.67 bits per heavy atom. The summed E-state index contributed by atoms with van der Waals surface area (Å²) >= 11 is 5.30. The van der Waals surface area contributed by atoms with Crippen LogP contribution in [0.5, 0.6) is 0 Å². The van der Waals surface area contributed by atoms with Crippen molar-refractivity contribution in [2.75, 3.05) is 0 Å². The molecule has 0 N–H and O–H groups in total. The molecule has 2 nitrogen and oxygen atoms in total. The van der Waals surface area contributed by atoms with Crippen molar-refractivity contribution in [2.45, 2.75) is 5.88 Å². The third-order valence-corrected chi connectivity index (χ3v) is 1.12. The molecule has 1 aromatic rings. The Kier molecular flexibility index (Phi) is 1.95. The van der Waals surface area contributed by atoms with E-state index in [0.717, 1.165) is 6.20 Å². The van der Waals surface area contributed by atoms with E-state index < -0.39 is 5.82 Å². The van der Waals surface area contributed by atoms with E-state index in [-0.39, 0.29) is 11.6 Å². The molecule has 1 rings (SSSR count). The Labute approximate surface area is 56.7 Å². The molecule has 4 heteroatoms. The molecule has 0 fully saturated rings. The highest BCUT2D eigenvalue weighted by atomic mass is 35.5. The number of halogens is 2. The smallest absolute Gasteiger partial charge is 0.164 e. The van der Waals surface area contributed by atoms with Gasteiger partial charge < -0.3 is 0 Å². The van der Waals surface area contributed by atoms with Crippen LogP contribution in [0.2, 0.25) is 0 Å². The van der Waals surface area contributed by atoms with Gasteiger partial charge >= 0.3 is 0 Å². The molecule has 0 bridgehead atoms. The predicted octanol–water partition coefficient (Wildman–Crippen LogP) is 1.35. The van der Waals surface area contributed by atoms with E-state index in [4.69, 9.17) is 11.6 Å². The lowest BCUT2D eigenvalue weighted by Gasteiger charge is -1.91. The molecule has 0 aliphatic heterocycles. The average Bonchev–Trinajstić information content (AvgIpc) is 1.89. The topological polar surface area (TPSA) is 25.8 Å². The maximum Gasteiger partial charge on any atom is 0.164 e. The van der Waals surface area contributed by atoms with Crippen molar-refractivity contribution in [1.29, 1.82) is 0 Å². The minimum absolute atomic E-state index is 0.0916. The van der Waals surface area contributed by atoms with Gasteiger partial charge in [-0.1, -0.05) is 0 Å². The number of aromatic nitrogens is 2. The fourth-order valence-electron chi connectivity index (χ4n) is 0.436. The minimum Gasteiger partial charge on any atom is -0.242 e. The molecule has 0 aliphatic carbocycles. The van der Waals surface area contributed by atoms with Gasteiger partial charge in [0.25, 0.3) is 0 Å². The average molecular weight is 147 g/mol. The summed E-state index contributed by atoms with van der Waals surface area (Å²) in [7, 11) is 0. The van der Waals surface area contributed by atoms with Crippen molar-refractivity contribution >= 4 is 11.6 Å². The fourth-order valence-corrected chi connectivity index (χ4v) is 0.633. The van der Waals surface area contributed by atoms with E-state index in [1.54, 1.807) is 0 Å². The molecule has 0 spiro atoms. The van der Waals surface area contributed by atoms with Crippen LogP contribution in [0.4, 0.5) is 4.39 Å². The summed E-state index contributed by atoms with van der Waals surface area (Å²) in [5.41, 5.74) is 0.242. The Hall–Kier alpha value is -0.700. The van der Waals surface area contributed by atoms with Crippen molar-refractivity contribution in [3.8, 4) is 0 Å². The minimum atomic E-state index is -0.451. The van der Waals surface area contributed by atoms with Gasteiger partial charge in [-0.15, -0.1) is 11.6 Å². The Bertz CT molecular complexity index is 204. The second kappa shape index (κ2) is 2.73. The molecule has 1 heterocycles. The van der Waals surface area contributed by atoms with E-state index in [0.29, 0.717) is 0 Å². The van der Waals surface area contributed by atoms with E-state index in [9.17, 15) is 4.39 Å². The van der Waals surface area contributed by atoms with Crippen LogP contribution in [-0.4, -0.2) is 9.97 Å². The lowest BCUT2D eigenvalue weighted by Crippen LogP contribution is -1.90. The van der Waals surface area contributed by atoms with Gasteiger partial charge in [0.05, 0.1) is 17.8 Å². The Morgan fingerprint density at radius 3 is 2.89 bits per heavy atom. The van der Waals surface area contributed by atoms with Gasteiger partial charge in [0, 0.05) is 0 Å². The van der Waals surface area contributed by atoms with E-state index in [2.05, 4.69) is 9.97 Å². The van der Waals surface area contributed by atoms with Crippen LogP contribution in [-0.2, 0) is 5.88 Å². The summed E-state index contributed by atoms with van der Waals surface area (Å²) in [5, 5.41) is 0. The lowest BCUT2D eigenvalue weighted by molar-refractivity contribution is 0.599. The maximum atomic E-state index is 12.4. The molecule has 48 valence electrons. The number of alkyl halides is 1. The van der Waals surface area contributed by atoms with Crippen LogP contribution in [0, 0.1) is 5.82 Å². The van der Waals surface area contributed by atoms with Crippen molar-refractivity contribution in [3.63, 3.8) is 0 Å². The molecule has 0 unspecified atom stereocenters. The van der Waals surface area contributed by atoms with Gasteiger partial charge in [-0.25, -0.2) is 14.4 Å². The van der Waals surface area contributed by atoms with Crippen LogP contribution < -0.4 is 0 Å². The first-order valence-electron chi connectivity index (χ1n) is 2.35. The molecular weight excluding hydrogens is 143 g/mol. The number of hydrogen-bond donors (Lipinski definition) is 0. The standard InChI is InChI=1S/C5H4ClFN2/c6-1-5-4(7)2-8-3-9-5/h2-3H,1H2. The lowest BCUT2D eigenvalue weighted by atomic mass is 10.4. The quantitative estimate of drug-likeness (QED) is 0.559. The zero-order valence-electron chi connectivity index (χ0n) is 4.51. The van der Waals surface area contributed by atoms with Gasteiger partial charge in [-0.3, -0.25) is 0 Å². The van der Waals surface area contributed by atoms with Crippen LogP contribution in [0.3, 0.4) is 0 Å². The van der Waals surface area contributed by atoms with Crippen LogP contribution in [0.25, 0.3) is 0 Å². The zero-order chi connectivity index (χ0) is 6.69. The SMILES string of the molecule is Fc1cncnc1CCl. The summed E-state index contributed by atoms with van der Waals surface area (Å²) in [5.74, 6) is -0.360. The summed E-state index contributed by atoms with van der Waals surface area (Å²) in [6.45, 7) is 0. The van der Waals surface area contributed by atoms with Crippen LogP contribution in [0.15, 0.2) is 12.5 Å². The third-order valence-electron chi connectivity index (χ3n) is 0.870. The van der Waals surface area contributed by atoms with Gasteiger partial charge in [0.2, 0.25) is 0 Å². The molecule has 0 radical (unpaired) electrons. The first kappa shape index (κ1) is 6.42. The van der Waals surface area contributed by atoms with Gasteiger partial charge in [-0.05, 0) is 0 Å². The van der Waals surface area contributed by atoms with Gasteiger partial charge in [0.1, 0.15) is 6.33 Å². The molecule has 0 saturated carbocycles. The highest BCUT2D eigenvalue weighted by Gasteiger charge is 1.98. The fraction of sp³-hybridized carbons (Fsp3) is 0.200. The van der Waals surface area contributed by atoms with E-state index in [1.807, 2.05) is 0 Å². The van der Waals surface area contributed by atoms with Crippen molar-refractivity contribution < 1.29 is 4.39 Å². The maximum absolute atomic E-state index is 12.4. The summed E-state index contributed by atoms with van der Waals surface area (Å²) < 4.78 is 12.4. The first-order chi connectivity index (χ1) is 4.34. The Morgan fingerprint density at radius 2 is 2.44 bits per heavy atom. The third kappa shape index (κ3) is 1.36. The summed E-state index contributed by atoms with van der Waals surface area (Å²) in [6.07, 6.45) is 2.35. The van der Waals surface area contributed by atoms with Crippen molar-refractivity contribution in [2.24, 2.45) is 0 Å². The highest BCUT2D eigenvalue weighted by molar-refractivity contribution is 6.16. The molecule has 0 atom stereocenters. The number of nitrogens with zero attached hydrogens (tertiary/aromatic N) is 2. The van der Waals surface area contributed by atoms with Crippen molar-refractivity contribution in [1.82, 2.24) is 9.97 Å². The summed E-state index contributed by atoms with van der Waals surface area (Å²) in [6, 6.07) is 0. The number of hydrogen-bond acceptors (Lipinski definition) is 2. The molecule has 0 aromatic carbocycles.